The highest BCUT2D eigenvalue weighted by atomic mass is 19.1. The van der Waals surface area contributed by atoms with Gasteiger partial charge in [-0.15, -0.1) is 0 Å². The van der Waals surface area contributed by atoms with Crippen LogP contribution in [0.25, 0.3) is 27.8 Å². The Balaban J connectivity index is 1.46. The topological polar surface area (TPSA) is 37.2 Å². The molecule has 0 bridgehead atoms. The summed E-state index contributed by atoms with van der Waals surface area (Å²) in [5, 5.41) is 5.10. The van der Waals surface area contributed by atoms with Gasteiger partial charge in [0, 0.05) is 49.4 Å². The van der Waals surface area contributed by atoms with Crippen LogP contribution in [-0.4, -0.2) is 52.9 Å². The minimum absolute atomic E-state index is 0.0902. The summed E-state index contributed by atoms with van der Waals surface area (Å²) in [6.45, 7) is 4.05. The van der Waals surface area contributed by atoms with E-state index in [0.29, 0.717) is 23.0 Å². The maximum atomic E-state index is 14.1. The Morgan fingerprint density at radius 1 is 0.806 bits per heavy atom. The molecule has 0 atom stereocenters. The third-order valence-electron chi connectivity index (χ3n) is 5.68. The summed E-state index contributed by atoms with van der Waals surface area (Å²) < 4.78 is 43.2. The first-order valence-corrected chi connectivity index (χ1v) is 10.0. The zero-order valence-corrected chi connectivity index (χ0v) is 16.9. The zero-order valence-electron chi connectivity index (χ0n) is 16.9. The number of pyridine rings is 1. The molecule has 0 aliphatic carbocycles. The first-order valence-electron chi connectivity index (χ1n) is 10.0. The number of fused-ring (bicyclic) bond motifs is 1. The van der Waals surface area contributed by atoms with E-state index in [9.17, 15) is 13.2 Å². The summed E-state index contributed by atoms with van der Waals surface area (Å²) in [5.41, 5.74) is 2.47. The van der Waals surface area contributed by atoms with Crippen molar-refractivity contribution in [2.75, 3.05) is 38.1 Å². The molecule has 1 aliphatic rings. The molecule has 0 unspecified atom stereocenters. The van der Waals surface area contributed by atoms with E-state index in [2.05, 4.69) is 39.1 Å². The highest BCUT2D eigenvalue weighted by molar-refractivity contribution is 5.83. The maximum absolute atomic E-state index is 14.1. The van der Waals surface area contributed by atoms with Gasteiger partial charge in [-0.1, -0.05) is 0 Å². The zero-order chi connectivity index (χ0) is 21.5. The number of piperazine rings is 1. The predicted octanol–water partition coefficient (Wildman–Crippen LogP) is 4.26. The largest absolute Gasteiger partial charge is 0.369 e. The van der Waals surface area contributed by atoms with Crippen LogP contribution in [0.3, 0.4) is 0 Å². The number of hydrogen-bond donors (Lipinski definition) is 0. The van der Waals surface area contributed by atoms with Crippen molar-refractivity contribution in [3.63, 3.8) is 0 Å². The molecule has 5 rings (SSSR count). The van der Waals surface area contributed by atoms with E-state index in [0.717, 1.165) is 37.6 Å². The number of aromatic nitrogens is 3. The van der Waals surface area contributed by atoms with E-state index in [4.69, 9.17) is 0 Å². The summed E-state index contributed by atoms with van der Waals surface area (Å²) in [6, 6.07) is 11.0. The Bertz CT molecular complexity index is 1220. The van der Waals surface area contributed by atoms with E-state index < -0.39 is 17.5 Å². The molecular weight excluding hydrogens is 403 g/mol. The summed E-state index contributed by atoms with van der Waals surface area (Å²) in [5.74, 6) is -2.94. The maximum Gasteiger partial charge on any atom is 0.138 e. The van der Waals surface area contributed by atoms with Gasteiger partial charge in [0.1, 0.15) is 17.5 Å². The van der Waals surface area contributed by atoms with Crippen molar-refractivity contribution in [2.45, 2.75) is 0 Å². The fourth-order valence-electron chi connectivity index (χ4n) is 3.92. The third kappa shape index (κ3) is 3.63. The minimum atomic E-state index is -0.990. The van der Waals surface area contributed by atoms with Gasteiger partial charge in [-0.05, 0) is 37.4 Å². The monoisotopic (exact) mass is 423 g/mol. The minimum Gasteiger partial charge on any atom is -0.369 e. The Kier molecular flexibility index (Phi) is 4.86. The molecule has 0 radical (unpaired) electrons. The van der Waals surface area contributed by atoms with Crippen molar-refractivity contribution >= 4 is 16.6 Å². The van der Waals surface area contributed by atoms with Gasteiger partial charge in [0.25, 0.3) is 0 Å². The molecule has 2 aromatic heterocycles. The summed E-state index contributed by atoms with van der Waals surface area (Å²) in [6.07, 6.45) is 3.14. The number of rotatable bonds is 3. The Morgan fingerprint density at radius 2 is 1.45 bits per heavy atom. The van der Waals surface area contributed by atoms with E-state index in [-0.39, 0.29) is 11.3 Å². The number of nitrogens with zero attached hydrogens (tertiary/aromatic N) is 5. The van der Waals surface area contributed by atoms with Crippen LogP contribution in [0.1, 0.15) is 0 Å². The molecule has 4 aromatic rings. The van der Waals surface area contributed by atoms with Crippen LogP contribution in [0.5, 0.6) is 0 Å². The van der Waals surface area contributed by atoms with Gasteiger partial charge in [0.05, 0.1) is 34.9 Å². The average molecular weight is 423 g/mol. The second-order valence-electron chi connectivity index (χ2n) is 7.74. The molecule has 0 saturated carbocycles. The van der Waals surface area contributed by atoms with E-state index >= 15 is 0 Å². The van der Waals surface area contributed by atoms with Gasteiger partial charge in [-0.3, -0.25) is 4.98 Å². The molecule has 2 aromatic carbocycles. The van der Waals surface area contributed by atoms with E-state index in [1.807, 2.05) is 12.1 Å². The fraction of sp³-hybridized carbons (Fsp3) is 0.217. The van der Waals surface area contributed by atoms with Crippen LogP contribution < -0.4 is 4.90 Å². The molecule has 1 aliphatic heterocycles. The standard InChI is InChI=1S/C23H20F3N5/c1-29-6-8-30(9-7-29)17-2-4-18(5-3-17)31-22-14-27-21(10-15(22)13-28-31)23-19(25)11-16(24)12-20(23)26/h2-5,10-14H,6-9H2,1H3. The van der Waals surface area contributed by atoms with E-state index in [1.54, 1.807) is 16.9 Å². The second-order valence-corrected chi connectivity index (χ2v) is 7.74. The third-order valence-corrected chi connectivity index (χ3v) is 5.68. The molecule has 5 nitrogen and oxygen atoms in total. The number of likely N-dealkylation sites (N-methyl/N-ethyl adjacent to an activating group) is 1. The number of halogens is 3. The molecule has 0 amide bonds. The Labute approximate surface area is 177 Å². The van der Waals surface area contributed by atoms with Crippen molar-refractivity contribution in [1.82, 2.24) is 19.7 Å². The van der Waals surface area contributed by atoms with Gasteiger partial charge in [-0.2, -0.15) is 5.10 Å². The van der Waals surface area contributed by atoms with Crippen LogP contribution in [0.4, 0.5) is 18.9 Å². The van der Waals surface area contributed by atoms with Crippen molar-refractivity contribution in [1.29, 1.82) is 0 Å². The smallest absolute Gasteiger partial charge is 0.138 e. The fourth-order valence-corrected chi connectivity index (χ4v) is 3.92. The van der Waals surface area contributed by atoms with Crippen molar-refractivity contribution in [3.8, 4) is 16.9 Å². The normalized spacial score (nSPS) is 15.0. The molecule has 1 fully saturated rings. The second kappa shape index (κ2) is 7.70. The molecule has 3 heterocycles. The van der Waals surface area contributed by atoms with Gasteiger partial charge in [-0.25, -0.2) is 17.9 Å². The Hall–Kier alpha value is -3.39. The van der Waals surface area contributed by atoms with E-state index in [1.165, 1.54) is 6.20 Å². The highest BCUT2D eigenvalue weighted by Crippen LogP contribution is 2.29. The molecule has 1 saturated heterocycles. The highest BCUT2D eigenvalue weighted by Gasteiger charge is 2.17. The number of hydrogen-bond acceptors (Lipinski definition) is 4. The van der Waals surface area contributed by atoms with Crippen molar-refractivity contribution in [2.24, 2.45) is 0 Å². The average Bonchev–Trinajstić information content (AvgIpc) is 3.17. The Morgan fingerprint density at radius 3 is 2.13 bits per heavy atom. The SMILES string of the molecule is CN1CCN(c2ccc(-n3ncc4cc(-c5c(F)cc(F)cc5F)ncc43)cc2)CC1. The van der Waals surface area contributed by atoms with Gasteiger partial charge in [0.2, 0.25) is 0 Å². The van der Waals surface area contributed by atoms with Crippen molar-refractivity contribution in [3.05, 3.63) is 72.3 Å². The molecule has 0 spiro atoms. The molecule has 158 valence electrons. The number of benzene rings is 2. The van der Waals surface area contributed by atoms with Gasteiger partial charge in [0.15, 0.2) is 0 Å². The molecule has 31 heavy (non-hydrogen) atoms. The van der Waals surface area contributed by atoms with Crippen LogP contribution in [0.15, 0.2) is 54.9 Å². The number of anilines is 1. The lowest BCUT2D eigenvalue weighted by atomic mass is 10.1. The molecular formula is C23H20F3N5. The molecule has 0 N–H and O–H groups in total. The van der Waals surface area contributed by atoms with Crippen LogP contribution >= 0.6 is 0 Å². The lowest BCUT2D eigenvalue weighted by Crippen LogP contribution is -2.44. The lowest BCUT2D eigenvalue weighted by Gasteiger charge is -2.34. The van der Waals surface area contributed by atoms with Gasteiger partial charge >= 0.3 is 0 Å². The van der Waals surface area contributed by atoms with Crippen molar-refractivity contribution < 1.29 is 13.2 Å². The summed E-state index contributed by atoms with van der Waals surface area (Å²) in [4.78, 5) is 8.87. The van der Waals surface area contributed by atoms with Gasteiger partial charge < -0.3 is 9.80 Å². The summed E-state index contributed by atoms with van der Waals surface area (Å²) >= 11 is 0. The lowest BCUT2D eigenvalue weighted by molar-refractivity contribution is 0.313. The molecule has 8 heteroatoms. The quantitative estimate of drug-likeness (QED) is 0.494. The summed E-state index contributed by atoms with van der Waals surface area (Å²) in [7, 11) is 2.13. The first kappa shape index (κ1) is 19.6. The van der Waals surface area contributed by atoms with Crippen LogP contribution in [0.2, 0.25) is 0 Å². The van der Waals surface area contributed by atoms with Crippen LogP contribution in [-0.2, 0) is 0 Å². The van der Waals surface area contributed by atoms with Crippen LogP contribution in [0, 0.1) is 17.5 Å². The first-order chi connectivity index (χ1) is 15.0. The predicted molar refractivity (Wildman–Crippen MR) is 114 cm³/mol.